The Labute approximate surface area is 199 Å². The number of hydrogen-bond donors (Lipinski definition) is 1. The van der Waals surface area contributed by atoms with E-state index in [1.54, 1.807) is 0 Å². The van der Waals surface area contributed by atoms with Crippen molar-refractivity contribution in [1.29, 1.82) is 0 Å². The van der Waals surface area contributed by atoms with Gasteiger partial charge in [-0.1, -0.05) is 90.9 Å². The van der Waals surface area contributed by atoms with Crippen LogP contribution in [0.3, 0.4) is 0 Å². The maximum absolute atomic E-state index is 11.1. The third-order valence-electron chi connectivity index (χ3n) is 4.69. The van der Waals surface area contributed by atoms with Crippen LogP contribution < -0.4 is 51.4 Å². The van der Waals surface area contributed by atoms with Gasteiger partial charge in [-0.25, -0.2) is 8.42 Å². The maximum Gasteiger partial charge on any atom is 1.00 e. The molecule has 0 aliphatic carbocycles. The van der Waals surface area contributed by atoms with Crippen LogP contribution in [0.15, 0.2) is 0 Å². The molecule has 0 saturated heterocycles. The minimum Gasteiger partial charge on any atom is -0.748 e. The molecule has 146 valence electrons. The topological polar surface area (TPSA) is 77.4 Å². The monoisotopic (exact) mass is 402 g/mol. The van der Waals surface area contributed by atoms with Gasteiger partial charge in [0.15, 0.2) is 0 Å². The number of rotatable bonds is 17. The Bertz CT molecular complexity index is 374. The number of unbranched alkanes of at least 4 members (excludes halogenated alkanes) is 10. The van der Waals surface area contributed by atoms with Crippen LogP contribution in [0, 0.1) is 0 Å². The second-order valence-electron chi connectivity index (χ2n) is 7.12. The van der Waals surface area contributed by atoms with Gasteiger partial charge in [-0.05, 0) is 19.3 Å². The van der Waals surface area contributed by atoms with E-state index in [9.17, 15) is 18.1 Å². The smallest absolute Gasteiger partial charge is 0.748 e. The van der Waals surface area contributed by atoms with Crippen molar-refractivity contribution in [2.75, 3.05) is 0 Å². The molecule has 0 aliphatic rings. The van der Waals surface area contributed by atoms with E-state index in [-0.39, 0.29) is 57.8 Å². The number of aliphatic hydroxyl groups is 1. The molecule has 2 unspecified atom stereocenters. The van der Waals surface area contributed by atoms with Gasteiger partial charge in [0.2, 0.25) is 0 Å². The van der Waals surface area contributed by atoms with Crippen molar-refractivity contribution in [1.82, 2.24) is 0 Å². The maximum atomic E-state index is 11.1. The predicted molar refractivity (Wildman–Crippen MR) is 100 cm³/mol. The second kappa shape index (κ2) is 18.9. The third-order valence-corrected chi connectivity index (χ3v) is 5.94. The van der Waals surface area contributed by atoms with E-state index in [1.807, 2.05) is 6.92 Å². The summed E-state index contributed by atoms with van der Waals surface area (Å²) in [4.78, 5) is 0. The molecule has 0 aromatic rings. The molecular weight excluding hydrogens is 363 g/mol. The zero-order valence-corrected chi connectivity index (χ0v) is 20.8. The molecule has 0 aliphatic heterocycles. The van der Waals surface area contributed by atoms with Crippen LogP contribution in [0.2, 0.25) is 0 Å². The van der Waals surface area contributed by atoms with E-state index in [4.69, 9.17) is 0 Å². The fourth-order valence-electron chi connectivity index (χ4n) is 3.17. The molecular formula is C19H39KO4S. The van der Waals surface area contributed by atoms with Crippen LogP contribution in [0.4, 0.5) is 0 Å². The van der Waals surface area contributed by atoms with Crippen LogP contribution in [0.5, 0.6) is 0 Å². The Hall–Kier alpha value is 1.51. The summed E-state index contributed by atoms with van der Waals surface area (Å²) in [5.41, 5.74) is 0. The Morgan fingerprint density at radius 1 is 0.760 bits per heavy atom. The summed E-state index contributed by atoms with van der Waals surface area (Å²) in [7, 11) is -4.29. The molecule has 1 N–H and O–H groups in total. The van der Waals surface area contributed by atoms with E-state index in [1.165, 1.54) is 57.8 Å². The van der Waals surface area contributed by atoms with Gasteiger partial charge in [0, 0.05) is 0 Å². The predicted octanol–water partition coefficient (Wildman–Crippen LogP) is 2.16. The first-order valence-electron chi connectivity index (χ1n) is 10.0. The minimum absolute atomic E-state index is 0. The average Bonchev–Trinajstić information content (AvgIpc) is 2.51. The van der Waals surface area contributed by atoms with Gasteiger partial charge >= 0.3 is 51.4 Å². The Balaban J connectivity index is 0. The van der Waals surface area contributed by atoms with Crippen LogP contribution in [0.1, 0.15) is 110 Å². The van der Waals surface area contributed by atoms with Gasteiger partial charge < -0.3 is 9.66 Å². The average molecular weight is 403 g/mol. The molecule has 2 atom stereocenters. The molecule has 0 rings (SSSR count). The van der Waals surface area contributed by atoms with E-state index in [2.05, 4.69) is 6.92 Å². The van der Waals surface area contributed by atoms with Crippen molar-refractivity contribution >= 4 is 10.1 Å². The number of aliphatic hydroxyl groups excluding tert-OH is 1. The molecule has 0 bridgehead atoms. The zero-order chi connectivity index (χ0) is 18.3. The molecule has 0 fully saturated rings. The number of hydrogen-bond acceptors (Lipinski definition) is 4. The summed E-state index contributed by atoms with van der Waals surface area (Å²) < 4.78 is 33.4. The van der Waals surface area contributed by atoms with E-state index < -0.39 is 21.5 Å². The molecule has 25 heavy (non-hydrogen) atoms. The summed E-state index contributed by atoms with van der Waals surface area (Å²) in [6, 6.07) is 0. The first-order valence-corrected chi connectivity index (χ1v) is 11.5. The summed E-state index contributed by atoms with van der Waals surface area (Å²) >= 11 is 0. The molecule has 4 nitrogen and oxygen atoms in total. The van der Waals surface area contributed by atoms with E-state index in [0.29, 0.717) is 19.3 Å². The molecule has 0 saturated carbocycles. The van der Waals surface area contributed by atoms with Crippen molar-refractivity contribution in [3.05, 3.63) is 0 Å². The van der Waals surface area contributed by atoms with Crippen molar-refractivity contribution in [3.63, 3.8) is 0 Å². The fourth-order valence-corrected chi connectivity index (χ4v) is 4.15. The van der Waals surface area contributed by atoms with Crippen molar-refractivity contribution in [3.8, 4) is 0 Å². The Morgan fingerprint density at radius 3 is 1.60 bits per heavy atom. The fraction of sp³-hybridized carbons (Fsp3) is 1.00. The van der Waals surface area contributed by atoms with Crippen molar-refractivity contribution < 1.29 is 69.5 Å². The van der Waals surface area contributed by atoms with Crippen LogP contribution >= 0.6 is 0 Å². The van der Waals surface area contributed by atoms with Gasteiger partial charge in [-0.2, -0.15) is 0 Å². The van der Waals surface area contributed by atoms with Gasteiger partial charge in [0.25, 0.3) is 0 Å². The summed E-state index contributed by atoms with van der Waals surface area (Å²) in [6.07, 6.45) is 14.8. The summed E-state index contributed by atoms with van der Waals surface area (Å²) in [5.74, 6) is 0. The molecule has 6 heteroatoms. The van der Waals surface area contributed by atoms with Gasteiger partial charge in [0.1, 0.15) is 0 Å². The van der Waals surface area contributed by atoms with Crippen molar-refractivity contribution in [2.24, 2.45) is 0 Å². The molecule has 0 heterocycles. The second-order valence-corrected chi connectivity index (χ2v) is 8.77. The minimum atomic E-state index is -4.29. The van der Waals surface area contributed by atoms with Gasteiger partial charge in [-0.3, -0.25) is 0 Å². The SMILES string of the molecule is CCCCCCCCCCCCCC(O)CC(CCC)S(=O)(=O)[O-].[K+]. The molecule has 0 aromatic carbocycles. The summed E-state index contributed by atoms with van der Waals surface area (Å²) in [6.45, 7) is 4.09. The van der Waals surface area contributed by atoms with E-state index >= 15 is 0 Å². The first kappa shape index (κ1) is 28.7. The Morgan fingerprint density at radius 2 is 1.20 bits per heavy atom. The van der Waals surface area contributed by atoms with Crippen LogP contribution in [-0.2, 0) is 10.1 Å². The molecule has 0 spiro atoms. The standard InChI is InChI=1S/C19H40O4S.K/c1-3-5-6-7-8-9-10-11-12-13-14-16-18(20)17-19(15-4-2)24(21,22)23;/h18-20H,3-17H2,1-2H3,(H,21,22,23);/q;+1/p-1. The van der Waals surface area contributed by atoms with Crippen molar-refractivity contribution in [2.45, 2.75) is 122 Å². The largest absolute Gasteiger partial charge is 1.00 e. The normalized spacial score (nSPS) is 14.1. The first-order chi connectivity index (χ1) is 11.4. The summed E-state index contributed by atoms with van der Waals surface area (Å²) in [5, 5.41) is 9.02. The zero-order valence-electron chi connectivity index (χ0n) is 16.8. The van der Waals surface area contributed by atoms with Crippen LogP contribution in [0.25, 0.3) is 0 Å². The third kappa shape index (κ3) is 18.6. The van der Waals surface area contributed by atoms with E-state index in [0.717, 1.165) is 12.8 Å². The van der Waals surface area contributed by atoms with Crippen LogP contribution in [-0.4, -0.2) is 29.4 Å². The quantitative estimate of drug-likeness (QED) is 0.230. The van der Waals surface area contributed by atoms with Gasteiger partial charge in [-0.15, -0.1) is 0 Å². The van der Waals surface area contributed by atoms with Gasteiger partial charge in [0.05, 0.1) is 21.5 Å². The Kier molecular flexibility index (Phi) is 21.7. The molecule has 0 amide bonds. The molecule has 0 aromatic heterocycles. The molecule has 0 radical (unpaired) electrons.